The Morgan fingerprint density at radius 2 is 1.94 bits per heavy atom. The van der Waals surface area contributed by atoms with Crippen LogP contribution in [-0.4, -0.2) is 25.2 Å². The SMILES string of the molecule is COC(=O)CCC(C)C1CC[C@H]2[C@@H]3CC[C@@H]4CC(OC(C)=O)CC[C@]4(C)C3=CC[C@]12C. The molecule has 0 aromatic carbocycles. The van der Waals surface area contributed by atoms with E-state index in [1.54, 1.807) is 5.57 Å². The first-order valence-electron chi connectivity index (χ1n) is 12.6. The van der Waals surface area contributed by atoms with Gasteiger partial charge in [-0.15, -0.1) is 0 Å². The smallest absolute Gasteiger partial charge is 0.305 e. The van der Waals surface area contributed by atoms with Crippen LogP contribution in [0.3, 0.4) is 0 Å². The van der Waals surface area contributed by atoms with Crippen LogP contribution in [0.5, 0.6) is 0 Å². The molecule has 0 saturated heterocycles. The summed E-state index contributed by atoms with van der Waals surface area (Å²) >= 11 is 0. The predicted octanol–water partition coefficient (Wildman–Crippen LogP) is 6.09. The normalized spacial score (nSPS) is 42.5. The van der Waals surface area contributed by atoms with Crippen molar-refractivity contribution in [2.45, 2.75) is 98.0 Å². The number of hydrogen-bond donors (Lipinski definition) is 0. The van der Waals surface area contributed by atoms with Crippen molar-refractivity contribution in [3.8, 4) is 0 Å². The molecular weight excluding hydrogens is 388 g/mol. The first kappa shape index (κ1) is 22.9. The molecule has 4 aliphatic rings. The van der Waals surface area contributed by atoms with Gasteiger partial charge in [-0.25, -0.2) is 0 Å². The number of carbonyl (C=O) groups excluding carboxylic acids is 2. The van der Waals surface area contributed by atoms with Crippen LogP contribution in [0.1, 0.15) is 91.9 Å². The Bertz CT molecular complexity index is 742. The minimum Gasteiger partial charge on any atom is -0.469 e. The lowest BCUT2D eigenvalue weighted by atomic mass is 9.48. The molecule has 3 fully saturated rings. The molecule has 0 bridgehead atoms. The fourth-order valence-electron chi connectivity index (χ4n) is 8.45. The van der Waals surface area contributed by atoms with E-state index in [0.717, 1.165) is 37.5 Å². The average Bonchev–Trinajstić information content (AvgIpc) is 3.09. The third-order valence-electron chi connectivity index (χ3n) is 10.1. The minimum absolute atomic E-state index is 0.0759. The number of hydrogen-bond acceptors (Lipinski definition) is 4. The maximum atomic E-state index is 11.7. The Labute approximate surface area is 188 Å². The van der Waals surface area contributed by atoms with E-state index in [1.807, 2.05) is 0 Å². The van der Waals surface area contributed by atoms with E-state index in [2.05, 4.69) is 26.8 Å². The molecule has 4 rings (SSSR count). The van der Waals surface area contributed by atoms with Crippen LogP contribution in [0.15, 0.2) is 11.6 Å². The molecule has 4 heteroatoms. The number of ether oxygens (including phenoxy) is 2. The number of allylic oxidation sites excluding steroid dienone is 2. The van der Waals surface area contributed by atoms with Gasteiger partial charge in [-0.05, 0) is 98.2 Å². The van der Waals surface area contributed by atoms with Crippen molar-refractivity contribution in [3.05, 3.63) is 11.6 Å². The van der Waals surface area contributed by atoms with Crippen molar-refractivity contribution in [2.75, 3.05) is 7.11 Å². The summed E-state index contributed by atoms with van der Waals surface area (Å²) in [6.07, 6.45) is 13.8. The van der Waals surface area contributed by atoms with Crippen molar-refractivity contribution in [1.82, 2.24) is 0 Å². The van der Waals surface area contributed by atoms with E-state index in [9.17, 15) is 9.59 Å². The summed E-state index contributed by atoms with van der Waals surface area (Å²) in [5, 5.41) is 0. The Hall–Kier alpha value is -1.32. The minimum atomic E-state index is -0.131. The highest BCUT2D eigenvalue weighted by Gasteiger charge is 2.57. The van der Waals surface area contributed by atoms with Crippen molar-refractivity contribution >= 4 is 11.9 Å². The zero-order valence-electron chi connectivity index (χ0n) is 20.2. The zero-order chi connectivity index (χ0) is 22.4. The lowest BCUT2D eigenvalue weighted by molar-refractivity contribution is -0.151. The van der Waals surface area contributed by atoms with Gasteiger partial charge in [-0.2, -0.15) is 0 Å². The van der Waals surface area contributed by atoms with E-state index >= 15 is 0 Å². The van der Waals surface area contributed by atoms with Crippen LogP contribution in [0.4, 0.5) is 0 Å². The Morgan fingerprint density at radius 1 is 1.16 bits per heavy atom. The molecule has 8 atom stereocenters. The fourth-order valence-corrected chi connectivity index (χ4v) is 8.45. The van der Waals surface area contributed by atoms with Gasteiger partial charge in [-0.1, -0.05) is 32.4 Å². The topological polar surface area (TPSA) is 52.6 Å². The van der Waals surface area contributed by atoms with Crippen molar-refractivity contribution in [1.29, 1.82) is 0 Å². The molecule has 0 radical (unpaired) electrons. The predicted molar refractivity (Wildman–Crippen MR) is 121 cm³/mol. The number of esters is 2. The second-order valence-electron chi connectivity index (χ2n) is 11.6. The summed E-state index contributed by atoms with van der Waals surface area (Å²) < 4.78 is 10.5. The standard InChI is InChI=1S/C27H42O4/c1-17(6-11-25(29)30-5)22-9-10-23-21-8-7-19-16-20(31-18(2)28)12-14-26(19,3)24(21)13-15-27(22,23)4/h13,17,19-23H,6-12,14-16H2,1-5H3/t17?,19-,20?,21+,22?,23+,26+,27-/m1/s1. The van der Waals surface area contributed by atoms with Gasteiger partial charge in [-0.3, -0.25) is 9.59 Å². The molecule has 3 unspecified atom stereocenters. The first-order chi connectivity index (χ1) is 14.7. The molecule has 31 heavy (non-hydrogen) atoms. The van der Waals surface area contributed by atoms with Crippen molar-refractivity contribution in [2.24, 2.45) is 40.4 Å². The van der Waals surface area contributed by atoms with E-state index < -0.39 is 0 Å². The van der Waals surface area contributed by atoms with Gasteiger partial charge in [0.1, 0.15) is 6.10 Å². The van der Waals surface area contributed by atoms with E-state index in [-0.39, 0.29) is 23.5 Å². The van der Waals surface area contributed by atoms with E-state index in [0.29, 0.717) is 29.6 Å². The molecular formula is C27H42O4. The van der Waals surface area contributed by atoms with Crippen LogP contribution < -0.4 is 0 Å². The Morgan fingerprint density at radius 3 is 2.65 bits per heavy atom. The summed E-state index contributed by atoms with van der Waals surface area (Å²) in [5.74, 6) is 3.21. The van der Waals surface area contributed by atoms with Crippen LogP contribution in [0.2, 0.25) is 0 Å². The largest absolute Gasteiger partial charge is 0.469 e. The highest BCUT2D eigenvalue weighted by molar-refractivity contribution is 5.69. The molecule has 0 amide bonds. The highest BCUT2D eigenvalue weighted by Crippen LogP contribution is 2.66. The lowest BCUT2D eigenvalue weighted by Gasteiger charge is -2.57. The summed E-state index contributed by atoms with van der Waals surface area (Å²) in [7, 11) is 1.49. The molecule has 0 aromatic heterocycles. The number of fused-ring (bicyclic) bond motifs is 5. The van der Waals surface area contributed by atoms with Gasteiger partial charge in [0.2, 0.25) is 0 Å². The summed E-state index contributed by atoms with van der Waals surface area (Å²) in [6, 6.07) is 0. The Kier molecular flexibility index (Phi) is 6.31. The molecule has 0 aliphatic heterocycles. The van der Waals surface area contributed by atoms with Crippen LogP contribution >= 0.6 is 0 Å². The summed E-state index contributed by atoms with van der Waals surface area (Å²) in [4.78, 5) is 23.1. The van der Waals surface area contributed by atoms with Gasteiger partial charge in [0.05, 0.1) is 7.11 Å². The third kappa shape index (κ3) is 3.97. The van der Waals surface area contributed by atoms with E-state index in [4.69, 9.17) is 9.47 Å². The van der Waals surface area contributed by atoms with Crippen LogP contribution in [0, 0.1) is 40.4 Å². The number of carbonyl (C=O) groups is 2. The number of methoxy groups -OCH3 is 1. The second kappa shape index (κ2) is 8.56. The van der Waals surface area contributed by atoms with Crippen LogP contribution in [-0.2, 0) is 19.1 Å². The number of rotatable bonds is 5. The maximum Gasteiger partial charge on any atom is 0.305 e. The summed E-state index contributed by atoms with van der Waals surface area (Å²) in [6.45, 7) is 8.95. The third-order valence-corrected chi connectivity index (χ3v) is 10.1. The Balaban J connectivity index is 1.50. The fraction of sp³-hybridized carbons (Fsp3) is 0.852. The van der Waals surface area contributed by atoms with Crippen LogP contribution in [0.25, 0.3) is 0 Å². The van der Waals surface area contributed by atoms with Crippen molar-refractivity contribution in [3.63, 3.8) is 0 Å². The molecule has 4 aliphatic carbocycles. The molecule has 0 aromatic rings. The van der Waals surface area contributed by atoms with E-state index in [1.165, 1.54) is 46.1 Å². The molecule has 0 heterocycles. The van der Waals surface area contributed by atoms with Gasteiger partial charge >= 0.3 is 11.9 Å². The quantitative estimate of drug-likeness (QED) is 0.391. The molecule has 3 saturated carbocycles. The second-order valence-corrected chi connectivity index (χ2v) is 11.6. The molecule has 0 N–H and O–H groups in total. The molecule has 0 spiro atoms. The van der Waals surface area contributed by atoms with Gasteiger partial charge in [0.25, 0.3) is 0 Å². The first-order valence-corrected chi connectivity index (χ1v) is 12.6. The monoisotopic (exact) mass is 430 g/mol. The van der Waals surface area contributed by atoms with Gasteiger partial charge in [0, 0.05) is 13.3 Å². The van der Waals surface area contributed by atoms with Gasteiger partial charge < -0.3 is 9.47 Å². The summed E-state index contributed by atoms with van der Waals surface area (Å²) in [5.41, 5.74) is 2.40. The maximum absolute atomic E-state index is 11.7. The zero-order valence-corrected chi connectivity index (χ0v) is 20.2. The molecule has 174 valence electrons. The molecule has 4 nitrogen and oxygen atoms in total. The van der Waals surface area contributed by atoms with Crippen molar-refractivity contribution < 1.29 is 19.1 Å². The lowest BCUT2D eigenvalue weighted by Crippen LogP contribution is -2.49. The van der Waals surface area contributed by atoms with Gasteiger partial charge in [0.15, 0.2) is 0 Å². The highest BCUT2D eigenvalue weighted by atomic mass is 16.5. The average molecular weight is 431 g/mol.